The molecule has 0 bridgehead atoms. The van der Waals surface area contributed by atoms with E-state index in [2.05, 4.69) is 10.3 Å². The van der Waals surface area contributed by atoms with Gasteiger partial charge in [0.15, 0.2) is 5.65 Å². The van der Waals surface area contributed by atoms with Crippen molar-refractivity contribution < 1.29 is 9.32 Å². The quantitative estimate of drug-likeness (QED) is 0.368. The van der Waals surface area contributed by atoms with Gasteiger partial charge in [0.1, 0.15) is 5.76 Å². The molecule has 4 aromatic rings. The molecule has 0 aliphatic heterocycles. The summed E-state index contributed by atoms with van der Waals surface area (Å²) in [4.78, 5) is 29.9. The first-order valence-electron chi connectivity index (χ1n) is 9.34. The molecule has 2 aromatic carbocycles. The highest BCUT2D eigenvalue weighted by atomic mass is 32.2. The number of aromatic nitrogens is 2. The first-order valence-corrected chi connectivity index (χ1v) is 10.3. The molecule has 0 aliphatic carbocycles. The summed E-state index contributed by atoms with van der Waals surface area (Å²) in [6.07, 6.45) is 3.28. The second-order valence-electron chi connectivity index (χ2n) is 6.60. The number of nitrogens with zero attached hydrogens (tertiary/aromatic N) is 2. The van der Waals surface area contributed by atoms with Gasteiger partial charge in [0.2, 0.25) is 5.91 Å². The molecular formula is C23H19N3O3S. The molecule has 0 saturated carbocycles. The molecule has 0 atom stereocenters. The number of thioether (sulfide) groups is 1. The standard InChI is InChI=1S/C23H19N3O3S/c1-16-13-21-24-18(14-23(28)26(21)29-16)15-30-20-10-6-5-9-19(20)25-22(27)12-11-17-7-3-2-4-8-17/h2-14H,15H2,1H3,(H,25,27). The minimum absolute atomic E-state index is 0.210. The summed E-state index contributed by atoms with van der Waals surface area (Å²) in [5.41, 5.74) is 2.55. The lowest BCUT2D eigenvalue weighted by molar-refractivity contribution is -0.111. The van der Waals surface area contributed by atoms with Gasteiger partial charge in [0.05, 0.1) is 11.4 Å². The van der Waals surface area contributed by atoms with E-state index in [0.29, 0.717) is 28.5 Å². The van der Waals surface area contributed by atoms with Crippen molar-refractivity contribution in [3.63, 3.8) is 0 Å². The number of carbonyl (C=O) groups is 1. The molecular weight excluding hydrogens is 398 g/mol. The van der Waals surface area contributed by atoms with Crippen LogP contribution in [0.5, 0.6) is 0 Å². The minimum atomic E-state index is -0.253. The Morgan fingerprint density at radius 2 is 1.90 bits per heavy atom. The Kier molecular flexibility index (Phi) is 5.81. The predicted molar refractivity (Wildman–Crippen MR) is 119 cm³/mol. The summed E-state index contributed by atoms with van der Waals surface area (Å²) in [5, 5.41) is 2.91. The summed E-state index contributed by atoms with van der Waals surface area (Å²) < 4.78 is 6.49. The van der Waals surface area contributed by atoms with E-state index in [4.69, 9.17) is 4.52 Å². The molecule has 4 rings (SSSR count). The number of anilines is 1. The first-order chi connectivity index (χ1) is 14.6. The van der Waals surface area contributed by atoms with Crippen LogP contribution in [0.3, 0.4) is 0 Å². The molecule has 0 fully saturated rings. The van der Waals surface area contributed by atoms with Crippen molar-refractivity contribution in [1.82, 2.24) is 9.56 Å². The van der Waals surface area contributed by atoms with E-state index in [1.54, 1.807) is 19.1 Å². The number of hydrogen-bond donors (Lipinski definition) is 1. The minimum Gasteiger partial charge on any atom is -0.375 e. The van der Waals surface area contributed by atoms with Gasteiger partial charge in [-0.05, 0) is 30.7 Å². The van der Waals surface area contributed by atoms with Gasteiger partial charge in [-0.1, -0.05) is 42.5 Å². The summed E-state index contributed by atoms with van der Waals surface area (Å²) in [6, 6.07) is 20.4. The Hall–Kier alpha value is -3.58. The third-order valence-corrected chi connectivity index (χ3v) is 5.38. The van der Waals surface area contributed by atoms with Gasteiger partial charge in [-0.25, -0.2) is 4.98 Å². The molecule has 0 spiro atoms. The van der Waals surface area contributed by atoms with Crippen LogP contribution in [-0.4, -0.2) is 15.5 Å². The van der Waals surface area contributed by atoms with Crippen LogP contribution in [0.25, 0.3) is 11.7 Å². The van der Waals surface area contributed by atoms with Crippen LogP contribution in [0, 0.1) is 6.92 Å². The fourth-order valence-electron chi connectivity index (χ4n) is 2.91. The Morgan fingerprint density at radius 1 is 1.13 bits per heavy atom. The molecule has 1 N–H and O–H groups in total. The fraction of sp³-hybridized carbons (Fsp3) is 0.0870. The SMILES string of the molecule is Cc1cc2nc(CSc3ccccc3NC(=O)C=Cc3ccccc3)cc(=O)n2o1. The van der Waals surface area contributed by atoms with E-state index in [1.165, 1.54) is 28.5 Å². The van der Waals surface area contributed by atoms with Crippen molar-refractivity contribution in [3.8, 4) is 0 Å². The van der Waals surface area contributed by atoms with Crippen molar-refractivity contribution >= 4 is 35.1 Å². The van der Waals surface area contributed by atoms with Crippen LogP contribution >= 0.6 is 11.8 Å². The Morgan fingerprint density at radius 3 is 2.73 bits per heavy atom. The smallest absolute Gasteiger partial charge is 0.287 e. The summed E-state index contributed by atoms with van der Waals surface area (Å²) in [5.74, 6) is 0.905. The van der Waals surface area contributed by atoms with Gasteiger partial charge in [-0.15, -0.1) is 16.3 Å². The topological polar surface area (TPSA) is 76.6 Å². The van der Waals surface area contributed by atoms with Crippen LogP contribution < -0.4 is 10.9 Å². The predicted octanol–water partition coefficient (Wildman–Crippen LogP) is 4.54. The molecule has 30 heavy (non-hydrogen) atoms. The van der Waals surface area contributed by atoms with E-state index in [0.717, 1.165) is 10.5 Å². The van der Waals surface area contributed by atoms with Gasteiger partial charge in [0.25, 0.3) is 5.56 Å². The lowest BCUT2D eigenvalue weighted by atomic mass is 10.2. The van der Waals surface area contributed by atoms with Crippen molar-refractivity contribution in [2.24, 2.45) is 0 Å². The van der Waals surface area contributed by atoms with Crippen LogP contribution in [-0.2, 0) is 10.5 Å². The average molecular weight is 417 g/mol. The third-order valence-electron chi connectivity index (χ3n) is 4.27. The molecule has 1 amide bonds. The monoisotopic (exact) mass is 417 g/mol. The van der Waals surface area contributed by atoms with Gasteiger partial charge in [0, 0.05) is 28.9 Å². The van der Waals surface area contributed by atoms with Crippen molar-refractivity contribution in [1.29, 1.82) is 0 Å². The number of aryl methyl sites for hydroxylation is 1. The van der Waals surface area contributed by atoms with Crippen molar-refractivity contribution in [2.45, 2.75) is 17.6 Å². The van der Waals surface area contributed by atoms with E-state index in [1.807, 2.05) is 54.6 Å². The molecule has 2 aromatic heterocycles. The average Bonchev–Trinajstić information content (AvgIpc) is 3.13. The maximum atomic E-state index is 12.3. The van der Waals surface area contributed by atoms with E-state index < -0.39 is 0 Å². The lowest BCUT2D eigenvalue weighted by Gasteiger charge is -2.09. The second kappa shape index (κ2) is 8.84. The number of rotatable bonds is 6. The van der Waals surface area contributed by atoms with Crippen molar-refractivity contribution in [2.75, 3.05) is 5.32 Å². The summed E-state index contributed by atoms with van der Waals surface area (Å²) in [6.45, 7) is 1.77. The number of nitrogens with one attached hydrogen (secondary N) is 1. The molecule has 0 radical (unpaired) electrons. The van der Waals surface area contributed by atoms with Gasteiger partial charge < -0.3 is 9.84 Å². The van der Waals surface area contributed by atoms with Gasteiger partial charge >= 0.3 is 0 Å². The molecule has 150 valence electrons. The van der Waals surface area contributed by atoms with Crippen molar-refractivity contribution in [3.05, 3.63) is 100 Å². The maximum absolute atomic E-state index is 12.3. The number of carbonyl (C=O) groups excluding carboxylic acids is 1. The molecule has 7 heteroatoms. The van der Waals surface area contributed by atoms with Crippen LogP contribution in [0.1, 0.15) is 17.0 Å². The third kappa shape index (κ3) is 4.69. The van der Waals surface area contributed by atoms with Crippen LogP contribution in [0.2, 0.25) is 0 Å². The summed E-state index contributed by atoms with van der Waals surface area (Å²) in [7, 11) is 0. The zero-order valence-electron chi connectivity index (χ0n) is 16.2. The fourth-order valence-corrected chi connectivity index (χ4v) is 3.81. The molecule has 0 aliphatic rings. The Balaban J connectivity index is 1.46. The molecule has 6 nitrogen and oxygen atoms in total. The van der Waals surface area contributed by atoms with Gasteiger partial charge in [-0.3, -0.25) is 9.59 Å². The highest BCUT2D eigenvalue weighted by Crippen LogP contribution is 2.29. The number of fused-ring (bicyclic) bond motifs is 1. The number of para-hydroxylation sites is 1. The molecule has 0 unspecified atom stereocenters. The lowest BCUT2D eigenvalue weighted by Crippen LogP contribution is -2.13. The highest BCUT2D eigenvalue weighted by molar-refractivity contribution is 7.98. The summed E-state index contributed by atoms with van der Waals surface area (Å²) >= 11 is 1.50. The second-order valence-corrected chi connectivity index (χ2v) is 7.62. The Labute approximate surface area is 177 Å². The maximum Gasteiger partial charge on any atom is 0.287 e. The number of benzene rings is 2. The molecule has 2 heterocycles. The van der Waals surface area contributed by atoms with E-state index >= 15 is 0 Å². The number of amides is 1. The van der Waals surface area contributed by atoms with Crippen LogP contribution in [0.4, 0.5) is 5.69 Å². The zero-order chi connectivity index (χ0) is 20.9. The normalized spacial score (nSPS) is 11.2. The van der Waals surface area contributed by atoms with Gasteiger partial charge in [-0.2, -0.15) is 0 Å². The van der Waals surface area contributed by atoms with Crippen LogP contribution in [0.15, 0.2) is 87.0 Å². The zero-order valence-corrected chi connectivity index (χ0v) is 17.1. The van der Waals surface area contributed by atoms with E-state index in [9.17, 15) is 9.59 Å². The highest BCUT2D eigenvalue weighted by Gasteiger charge is 2.09. The first kappa shape index (κ1) is 19.7. The largest absolute Gasteiger partial charge is 0.375 e. The van der Waals surface area contributed by atoms with E-state index in [-0.39, 0.29) is 11.5 Å². The molecule has 0 saturated heterocycles. The Bertz CT molecular complexity index is 1280. The number of hydrogen-bond acceptors (Lipinski definition) is 5.